The summed E-state index contributed by atoms with van der Waals surface area (Å²) in [5.41, 5.74) is 0.710. The first-order chi connectivity index (χ1) is 9.97. The number of aromatic nitrogens is 1. The number of carbonyl (C=O) groups is 2. The molecular formula is C14H22N4O2S. The molecule has 6 nitrogen and oxygen atoms in total. The standard InChI is InChI=1S/C14H22N4O2S/c1-9(2)13(20)17-14-16-10(8-21-14)6-12(19)18(3)11-4-5-15-7-11/h8-9,11,15H,4-7H2,1-3H3,(H,16,17,20). The fourth-order valence-electron chi connectivity index (χ4n) is 2.15. The third-order valence-electron chi connectivity index (χ3n) is 3.61. The first-order valence-electron chi connectivity index (χ1n) is 7.19. The molecule has 1 aliphatic rings. The lowest BCUT2D eigenvalue weighted by molar-refractivity contribution is -0.131. The van der Waals surface area contributed by atoms with Gasteiger partial charge in [-0.15, -0.1) is 11.3 Å². The third kappa shape index (κ3) is 4.25. The van der Waals surface area contributed by atoms with Crippen LogP contribution in [0.3, 0.4) is 0 Å². The van der Waals surface area contributed by atoms with E-state index in [0.717, 1.165) is 19.5 Å². The Balaban J connectivity index is 1.89. The summed E-state index contributed by atoms with van der Waals surface area (Å²) in [5.74, 6) is -0.0768. The van der Waals surface area contributed by atoms with Crippen LogP contribution in [0.2, 0.25) is 0 Å². The second-order valence-corrected chi connectivity index (χ2v) is 6.47. The van der Waals surface area contributed by atoms with E-state index < -0.39 is 0 Å². The molecule has 0 spiro atoms. The molecule has 1 unspecified atom stereocenters. The van der Waals surface area contributed by atoms with Gasteiger partial charge in [0, 0.05) is 30.9 Å². The van der Waals surface area contributed by atoms with Crippen molar-refractivity contribution < 1.29 is 9.59 Å². The molecule has 0 aliphatic carbocycles. The molecule has 1 atom stereocenters. The quantitative estimate of drug-likeness (QED) is 0.854. The van der Waals surface area contributed by atoms with Gasteiger partial charge < -0.3 is 15.5 Å². The number of hydrogen-bond acceptors (Lipinski definition) is 5. The van der Waals surface area contributed by atoms with Crippen LogP contribution in [-0.2, 0) is 16.0 Å². The first kappa shape index (κ1) is 15.9. The maximum absolute atomic E-state index is 12.2. The van der Waals surface area contributed by atoms with Gasteiger partial charge in [-0.05, 0) is 13.0 Å². The Bertz CT molecular complexity index is 509. The Morgan fingerprint density at radius 1 is 1.57 bits per heavy atom. The molecule has 2 heterocycles. The second-order valence-electron chi connectivity index (χ2n) is 5.62. The molecule has 7 heteroatoms. The van der Waals surface area contributed by atoms with Crippen molar-refractivity contribution in [2.45, 2.75) is 32.7 Å². The maximum atomic E-state index is 12.2. The van der Waals surface area contributed by atoms with Crippen molar-refractivity contribution in [3.05, 3.63) is 11.1 Å². The lowest BCUT2D eigenvalue weighted by atomic mass is 10.2. The van der Waals surface area contributed by atoms with E-state index in [4.69, 9.17) is 0 Å². The van der Waals surface area contributed by atoms with E-state index in [1.807, 2.05) is 26.3 Å². The van der Waals surface area contributed by atoms with Gasteiger partial charge in [0.2, 0.25) is 11.8 Å². The van der Waals surface area contributed by atoms with Gasteiger partial charge in [-0.3, -0.25) is 9.59 Å². The number of carbonyl (C=O) groups excluding carboxylic acids is 2. The van der Waals surface area contributed by atoms with Crippen LogP contribution in [0, 0.1) is 5.92 Å². The van der Waals surface area contributed by atoms with Gasteiger partial charge in [0.25, 0.3) is 0 Å². The van der Waals surface area contributed by atoms with Crippen LogP contribution in [0.5, 0.6) is 0 Å². The van der Waals surface area contributed by atoms with E-state index in [-0.39, 0.29) is 30.2 Å². The number of nitrogens with zero attached hydrogens (tertiary/aromatic N) is 2. The van der Waals surface area contributed by atoms with E-state index in [1.165, 1.54) is 11.3 Å². The highest BCUT2D eigenvalue weighted by atomic mass is 32.1. The average molecular weight is 310 g/mol. The number of rotatable bonds is 5. The van der Waals surface area contributed by atoms with E-state index >= 15 is 0 Å². The van der Waals surface area contributed by atoms with Crippen LogP contribution in [0.1, 0.15) is 26.0 Å². The summed E-state index contributed by atoms with van der Waals surface area (Å²) in [5, 5.41) is 8.39. The minimum absolute atomic E-state index is 0.0589. The predicted molar refractivity (Wildman–Crippen MR) is 83.3 cm³/mol. The Morgan fingerprint density at radius 3 is 2.95 bits per heavy atom. The van der Waals surface area contributed by atoms with Gasteiger partial charge in [0.1, 0.15) is 0 Å². The van der Waals surface area contributed by atoms with E-state index in [9.17, 15) is 9.59 Å². The molecule has 1 aliphatic heterocycles. The monoisotopic (exact) mass is 310 g/mol. The molecule has 1 fully saturated rings. The lowest BCUT2D eigenvalue weighted by Crippen LogP contribution is -2.39. The number of anilines is 1. The summed E-state index contributed by atoms with van der Waals surface area (Å²) in [6.07, 6.45) is 1.27. The maximum Gasteiger partial charge on any atom is 0.228 e. The van der Waals surface area contributed by atoms with Gasteiger partial charge >= 0.3 is 0 Å². The number of thiazole rings is 1. The Morgan fingerprint density at radius 2 is 2.33 bits per heavy atom. The van der Waals surface area contributed by atoms with E-state index in [1.54, 1.807) is 4.90 Å². The zero-order valence-corrected chi connectivity index (χ0v) is 13.5. The molecule has 0 bridgehead atoms. The molecule has 1 aromatic rings. The highest BCUT2D eigenvalue weighted by molar-refractivity contribution is 7.13. The van der Waals surface area contributed by atoms with E-state index in [2.05, 4.69) is 15.6 Å². The smallest absolute Gasteiger partial charge is 0.228 e. The number of likely N-dealkylation sites (N-methyl/N-ethyl adjacent to an activating group) is 1. The molecule has 1 aromatic heterocycles. The van der Waals surface area contributed by atoms with Crippen molar-refractivity contribution in [3.63, 3.8) is 0 Å². The Labute approximate surface area is 128 Å². The summed E-state index contributed by atoms with van der Waals surface area (Å²) in [6, 6.07) is 0.274. The molecule has 0 saturated carbocycles. The summed E-state index contributed by atoms with van der Waals surface area (Å²) in [7, 11) is 1.84. The number of hydrogen-bond donors (Lipinski definition) is 2. The van der Waals surface area contributed by atoms with Gasteiger partial charge in [0.15, 0.2) is 5.13 Å². The Kier molecular flexibility index (Phi) is 5.30. The number of amides is 2. The zero-order chi connectivity index (χ0) is 15.4. The van der Waals surface area contributed by atoms with Gasteiger partial charge in [0.05, 0.1) is 12.1 Å². The van der Waals surface area contributed by atoms with Crippen molar-refractivity contribution in [2.24, 2.45) is 5.92 Å². The molecule has 2 N–H and O–H groups in total. The molecule has 0 aromatic carbocycles. The third-order valence-corrected chi connectivity index (χ3v) is 4.42. The predicted octanol–water partition coefficient (Wildman–Crippen LogP) is 1.10. The zero-order valence-electron chi connectivity index (χ0n) is 12.7. The highest BCUT2D eigenvalue weighted by Crippen LogP contribution is 2.18. The van der Waals surface area contributed by atoms with Gasteiger partial charge in [-0.25, -0.2) is 4.98 Å². The van der Waals surface area contributed by atoms with Crippen LogP contribution < -0.4 is 10.6 Å². The van der Waals surface area contributed by atoms with Gasteiger partial charge in [-0.1, -0.05) is 13.8 Å². The summed E-state index contributed by atoms with van der Waals surface area (Å²) in [6.45, 7) is 5.48. The van der Waals surface area contributed by atoms with Crippen LogP contribution in [0.4, 0.5) is 5.13 Å². The van der Waals surface area contributed by atoms with Crippen LogP contribution in [0.25, 0.3) is 0 Å². The topological polar surface area (TPSA) is 74.3 Å². The molecular weight excluding hydrogens is 288 g/mol. The van der Waals surface area contributed by atoms with Crippen molar-refractivity contribution in [3.8, 4) is 0 Å². The fraction of sp³-hybridized carbons (Fsp3) is 0.643. The van der Waals surface area contributed by atoms with E-state index in [0.29, 0.717) is 10.8 Å². The largest absolute Gasteiger partial charge is 0.341 e. The minimum Gasteiger partial charge on any atom is -0.341 e. The van der Waals surface area contributed by atoms with Crippen LogP contribution in [-0.4, -0.2) is 47.9 Å². The van der Waals surface area contributed by atoms with Crippen LogP contribution in [0.15, 0.2) is 5.38 Å². The summed E-state index contributed by atoms with van der Waals surface area (Å²) >= 11 is 1.36. The van der Waals surface area contributed by atoms with Crippen molar-refractivity contribution in [2.75, 3.05) is 25.5 Å². The Hall–Kier alpha value is -1.47. The SMILES string of the molecule is CC(C)C(=O)Nc1nc(CC(=O)N(C)C2CCNC2)cs1. The molecule has 116 valence electrons. The average Bonchev–Trinajstić information content (AvgIpc) is 3.09. The lowest BCUT2D eigenvalue weighted by Gasteiger charge is -2.23. The number of nitrogens with one attached hydrogen (secondary N) is 2. The van der Waals surface area contributed by atoms with Crippen molar-refractivity contribution >= 4 is 28.3 Å². The fourth-order valence-corrected chi connectivity index (χ4v) is 2.86. The summed E-state index contributed by atoms with van der Waals surface area (Å²) < 4.78 is 0. The highest BCUT2D eigenvalue weighted by Gasteiger charge is 2.23. The summed E-state index contributed by atoms with van der Waals surface area (Å²) in [4.78, 5) is 29.9. The normalized spacial score (nSPS) is 18.0. The molecule has 1 saturated heterocycles. The van der Waals surface area contributed by atoms with Crippen molar-refractivity contribution in [1.29, 1.82) is 0 Å². The minimum atomic E-state index is -0.0834. The molecule has 2 amide bonds. The molecule has 0 radical (unpaired) electrons. The van der Waals surface area contributed by atoms with Crippen molar-refractivity contribution in [1.82, 2.24) is 15.2 Å². The van der Waals surface area contributed by atoms with Gasteiger partial charge in [-0.2, -0.15) is 0 Å². The second kappa shape index (κ2) is 7.00. The first-order valence-corrected chi connectivity index (χ1v) is 8.07. The molecule has 21 heavy (non-hydrogen) atoms. The molecule has 2 rings (SSSR count). The van der Waals surface area contributed by atoms with Crippen LogP contribution >= 0.6 is 11.3 Å².